The molecule has 0 heterocycles. The Morgan fingerprint density at radius 2 is 1.80 bits per heavy atom. The minimum Gasteiger partial charge on any atom is -0.460 e. The first-order valence-electron chi connectivity index (χ1n) is 8.88. The molecule has 0 aliphatic heterocycles. The summed E-state index contributed by atoms with van der Waals surface area (Å²) in [5.41, 5.74) is 0.453. The van der Waals surface area contributed by atoms with Gasteiger partial charge >= 0.3 is 11.9 Å². The number of esters is 2. The summed E-state index contributed by atoms with van der Waals surface area (Å²) >= 11 is 0. The molecule has 1 N–H and O–H groups in total. The number of benzene rings is 1. The van der Waals surface area contributed by atoms with E-state index in [9.17, 15) is 9.59 Å². The second kappa shape index (κ2) is 10.2. The highest BCUT2D eigenvalue weighted by atomic mass is 16.6. The summed E-state index contributed by atoms with van der Waals surface area (Å²) in [7, 11) is 0. The van der Waals surface area contributed by atoms with Crippen LogP contribution in [0.25, 0.3) is 0 Å². The topological polar surface area (TPSA) is 64.6 Å². The molecule has 0 amide bonds. The van der Waals surface area contributed by atoms with Gasteiger partial charge in [0.2, 0.25) is 0 Å². The summed E-state index contributed by atoms with van der Waals surface area (Å²) in [6.07, 6.45) is 1.06. The molecule has 0 bridgehead atoms. The molecule has 0 aliphatic carbocycles. The first-order chi connectivity index (χ1) is 11.7. The first-order valence-corrected chi connectivity index (χ1v) is 8.88. The summed E-state index contributed by atoms with van der Waals surface area (Å²) < 4.78 is 10.7. The Hall–Kier alpha value is -1.88. The third kappa shape index (κ3) is 8.68. The molecule has 0 saturated heterocycles. The average molecular weight is 349 g/mol. The third-order valence-electron chi connectivity index (χ3n) is 3.80. The second-order valence-corrected chi connectivity index (χ2v) is 7.25. The van der Waals surface area contributed by atoms with E-state index < -0.39 is 11.6 Å². The zero-order valence-electron chi connectivity index (χ0n) is 16.0. The molecule has 0 spiro atoms. The third-order valence-corrected chi connectivity index (χ3v) is 3.80. The van der Waals surface area contributed by atoms with Gasteiger partial charge < -0.3 is 14.8 Å². The van der Waals surface area contributed by atoms with Crippen LogP contribution in [0.2, 0.25) is 0 Å². The quantitative estimate of drug-likeness (QED) is 0.692. The van der Waals surface area contributed by atoms with E-state index in [0.29, 0.717) is 6.54 Å². The summed E-state index contributed by atoms with van der Waals surface area (Å²) in [5.74, 6) is -0.454. The largest absolute Gasteiger partial charge is 0.460 e. The van der Waals surface area contributed by atoms with E-state index in [4.69, 9.17) is 9.47 Å². The SMILES string of the molecule is CC[C@H](C)[C@H](NCCC(=O)OC(C)(C)C)C(=O)OCc1ccccc1. The van der Waals surface area contributed by atoms with Crippen molar-refractivity contribution in [1.82, 2.24) is 5.32 Å². The van der Waals surface area contributed by atoms with Gasteiger partial charge in [-0.1, -0.05) is 50.6 Å². The molecule has 140 valence electrons. The van der Waals surface area contributed by atoms with Crippen molar-refractivity contribution in [2.75, 3.05) is 6.54 Å². The van der Waals surface area contributed by atoms with E-state index in [1.807, 2.05) is 65.0 Å². The van der Waals surface area contributed by atoms with Crippen molar-refractivity contribution in [2.24, 2.45) is 5.92 Å². The van der Waals surface area contributed by atoms with Crippen LogP contribution in [0.15, 0.2) is 30.3 Å². The van der Waals surface area contributed by atoms with Crippen molar-refractivity contribution in [3.05, 3.63) is 35.9 Å². The van der Waals surface area contributed by atoms with E-state index in [0.717, 1.165) is 12.0 Å². The molecule has 25 heavy (non-hydrogen) atoms. The average Bonchev–Trinajstić information content (AvgIpc) is 2.55. The fraction of sp³-hybridized carbons (Fsp3) is 0.600. The highest BCUT2D eigenvalue weighted by molar-refractivity contribution is 5.76. The predicted octanol–water partition coefficient (Wildman–Crippen LogP) is 3.47. The van der Waals surface area contributed by atoms with Gasteiger partial charge in [-0.3, -0.25) is 9.59 Å². The van der Waals surface area contributed by atoms with Crippen molar-refractivity contribution in [3.63, 3.8) is 0 Å². The number of hydrogen-bond acceptors (Lipinski definition) is 5. The Morgan fingerprint density at radius 1 is 1.16 bits per heavy atom. The maximum atomic E-state index is 12.4. The van der Waals surface area contributed by atoms with E-state index >= 15 is 0 Å². The van der Waals surface area contributed by atoms with Crippen LogP contribution in [0.3, 0.4) is 0 Å². The van der Waals surface area contributed by atoms with E-state index in [-0.39, 0.29) is 30.9 Å². The molecule has 1 rings (SSSR count). The lowest BCUT2D eigenvalue weighted by Gasteiger charge is -2.23. The molecule has 0 radical (unpaired) electrons. The standard InChI is InChI=1S/C20H31NO4/c1-6-15(2)18(21-13-12-17(22)25-20(3,4)5)19(23)24-14-16-10-8-7-9-11-16/h7-11,15,18,21H,6,12-14H2,1-5H3/t15-,18-/m0/s1. The summed E-state index contributed by atoms with van der Waals surface area (Å²) in [6.45, 7) is 10.2. The van der Waals surface area contributed by atoms with Crippen molar-refractivity contribution < 1.29 is 19.1 Å². The number of rotatable bonds is 9. The highest BCUT2D eigenvalue weighted by Gasteiger charge is 2.25. The Balaban J connectivity index is 2.50. The molecule has 5 heteroatoms. The normalized spacial score (nSPS) is 13.8. The minimum atomic E-state index is -0.498. The Bertz CT molecular complexity index is 536. The van der Waals surface area contributed by atoms with Crippen LogP contribution >= 0.6 is 0 Å². The van der Waals surface area contributed by atoms with Gasteiger partial charge in [0.15, 0.2) is 0 Å². The maximum Gasteiger partial charge on any atom is 0.323 e. The first kappa shape index (κ1) is 21.2. The molecule has 1 aromatic carbocycles. The van der Waals surface area contributed by atoms with Crippen molar-refractivity contribution in [1.29, 1.82) is 0 Å². The predicted molar refractivity (Wildman–Crippen MR) is 97.9 cm³/mol. The van der Waals surface area contributed by atoms with Crippen LogP contribution < -0.4 is 5.32 Å². The number of hydrogen-bond donors (Lipinski definition) is 1. The second-order valence-electron chi connectivity index (χ2n) is 7.25. The number of carbonyl (C=O) groups excluding carboxylic acids is 2. The van der Waals surface area contributed by atoms with E-state index in [2.05, 4.69) is 5.32 Å². The maximum absolute atomic E-state index is 12.4. The molecule has 5 nitrogen and oxygen atoms in total. The smallest absolute Gasteiger partial charge is 0.323 e. The molecule has 0 unspecified atom stereocenters. The van der Waals surface area contributed by atoms with E-state index in [1.54, 1.807) is 0 Å². The van der Waals surface area contributed by atoms with Gasteiger partial charge in [-0.25, -0.2) is 0 Å². The Labute approximate surface area is 151 Å². The zero-order chi connectivity index (χ0) is 18.9. The van der Waals surface area contributed by atoms with Crippen LogP contribution in [-0.4, -0.2) is 30.1 Å². The van der Waals surface area contributed by atoms with Gasteiger partial charge in [0, 0.05) is 6.54 Å². The van der Waals surface area contributed by atoms with Gasteiger partial charge in [0.1, 0.15) is 18.2 Å². The van der Waals surface area contributed by atoms with Crippen LogP contribution in [0, 0.1) is 5.92 Å². The van der Waals surface area contributed by atoms with Gasteiger partial charge in [-0.2, -0.15) is 0 Å². The molecule has 1 aromatic rings. The minimum absolute atomic E-state index is 0.113. The number of carbonyl (C=O) groups is 2. The van der Waals surface area contributed by atoms with Gasteiger partial charge in [-0.15, -0.1) is 0 Å². The fourth-order valence-electron chi connectivity index (χ4n) is 2.29. The van der Waals surface area contributed by atoms with Crippen LogP contribution in [0.5, 0.6) is 0 Å². The Kier molecular flexibility index (Phi) is 8.62. The van der Waals surface area contributed by atoms with Crippen LogP contribution in [0.1, 0.15) is 53.0 Å². The molecule has 0 fully saturated rings. The summed E-state index contributed by atoms with van der Waals surface area (Å²) in [4.78, 5) is 24.2. The molecular weight excluding hydrogens is 318 g/mol. The van der Waals surface area contributed by atoms with Gasteiger partial charge in [0.05, 0.1) is 6.42 Å². The van der Waals surface area contributed by atoms with Crippen molar-refractivity contribution >= 4 is 11.9 Å². The molecular formula is C20H31NO4. The molecule has 0 aliphatic rings. The molecule has 0 saturated carbocycles. The summed E-state index contributed by atoms with van der Waals surface area (Å²) in [6, 6.07) is 9.15. The van der Waals surface area contributed by atoms with Crippen LogP contribution in [-0.2, 0) is 25.7 Å². The molecule has 0 aromatic heterocycles. The number of ether oxygens (including phenoxy) is 2. The van der Waals surface area contributed by atoms with Crippen molar-refractivity contribution in [3.8, 4) is 0 Å². The molecule has 2 atom stereocenters. The Morgan fingerprint density at radius 3 is 2.36 bits per heavy atom. The lowest BCUT2D eigenvalue weighted by molar-refractivity contribution is -0.155. The lowest BCUT2D eigenvalue weighted by atomic mass is 9.99. The monoisotopic (exact) mass is 349 g/mol. The lowest BCUT2D eigenvalue weighted by Crippen LogP contribution is -2.44. The summed E-state index contributed by atoms with van der Waals surface area (Å²) in [5, 5.41) is 3.15. The zero-order valence-corrected chi connectivity index (χ0v) is 16.0. The van der Waals surface area contributed by atoms with Gasteiger partial charge in [-0.05, 0) is 32.3 Å². The van der Waals surface area contributed by atoms with Gasteiger partial charge in [0.25, 0.3) is 0 Å². The van der Waals surface area contributed by atoms with E-state index in [1.165, 1.54) is 0 Å². The number of nitrogens with one attached hydrogen (secondary N) is 1. The highest BCUT2D eigenvalue weighted by Crippen LogP contribution is 2.12. The van der Waals surface area contributed by atoms with Crippen LogP contribution in [0.4, 0.5) is 0 Å². The fourth-order valence-corrected chi connectivity index (χ4v) is 2.29. The van der Waals surface area contributed by atoms with Crippen molar-refractivity contribution in [2.45, 2.75) is 65.7 Å².